The number of carbonyl (C=O) groups is 2. The second-order valence-corrected chi connectivity index (χ2v) is 3.73. The molecule has 0 amide bonds. The molecular weight excluding hydrogens is 151 g/mol. The summed E-state index contributed by atoms with van der Waals surface area (Å²) in [5, 5.41) is 0. The number of carbonyl (C=O) groups excluding carboxylic acids is 2. The second kappa shape index (κ2) is 4.44. The Morgan fingerprint density at radius 2 is 2.08 bits per heavy atom. The minimum Gasteiger partial charge on any atom is -0.311 e. The SMILES string of the molecule is CC(=O)B1CCC(CC=O)CC1. The van der Waals surface area contributed by atoms with Crippen molar-refractivity contribution in [2.24, 2.45) is 5.92 Å². The van der Waals surface area contributed by atoms with Gasteiger partial charge < -0.3 is 9.59 Å². The first-order chi connectivity index (χ1) is 5.74. The summed E-state index contributed by atoms with van der Waals surface area (Å²) in [5.41, 5.74) is 0.319. The van der Waals surface area contributed by atoms with Crippen LogP contribution in [-0.2, 0) is 9.59 Å². The van der Waals surface area contributed by atoms with Gasteiger partial charge in [0.2, 0.25) is 6.71 Å². The summed E-state index contributed by atoms with van der Waals surface area (Å²) in [6, 6.07) is 0. The Bertz CT molecular complexity index is 171. The fourth-order valence-corrected chi connectivity index (χ4v) is 1.94. The molecule has 1 saturated heterocycles. The van der Waals surface area contributed by atoms with Gasteiger partial charge in [-0.25, -0.2) is 0 Å². The van der Waals surface area contributed by atoms with Crippen LogP contribution in [0.2, 0.25) is 12.6 Å². The van der Waals surface area contributed by atoms with E-state index in [1.165, 1.54) is 0 Å². The van der Waals surface area contributed by atoms with E-state index in [1.54, 1.807) is 6.92 Å². The topological polar surface area (TPSA) is 34.1 Å². The molecule has 1 fully saturated rings. The van der Waals surface area contributed by atoms with Crippen LogP contribution in [-0.4, -0.2) is 18.7 Å². The quantitative estimate of drug-likeness (QED) is 0.471. The third-order valence-corrected chi connectivity index (χ3v) is 2.85. The molecule has 0 atom stereocenters. The minimum atomic E-state index is 0.285. The first-order valence-corrected chi connectivity index (χ1v) is 4.68. The Hall–Kier alpha value is -0.595. The van der Waals surface area contributed by atoms with Crippen LogP contribution in [0.15, 0.2) is 0 Å². The summed E-state index contributed by atoms with van der Waals surface area (Å²) in [7, 11) is 0. The van der Waals surface area contributed by atoms with Crippen molar-refractivity contribution >= 4 is 18.7 Å². The molecule has 0 aromatic carbocycles. The molecule has 0 N–H and O–H groups in total. The predicted molar refractivity (Wildman–Crippen MR) is 49.5 cm³/mol. The Balaban J connectivity index is 2.29. The van der Waals surface area contributed by atoms with Crippen molar-refractivity contribution in [2.45, 2.75) is 38.8 Å². The number of rotatable bonds is 3. The van der Waals surface area contributed by atoms with Crippen molar-refractivity contribution in [3.05, 3.63) is 0 Å². The van der Waals surface area contributed by atoms with E-state index in [9.17, 15) is 9.59 Å². The molecule has 1 heterocycles. The molecule has 0 aliphatic carbocycles. The lowest BCUT2D eigenvalue weighted by Gasteiger charge is -2.23. The highest BCUT2D eigenvalue weighted by Gasteiger charge is 2.26. The molecule has 66 valence electrons. The van der Waals surface area contributed by atoms with E-state index in [4.69, 9.17) is 0 Å². The minimum absolute atomic E-state index is 0.285. The van der Waals surface area contributed by atoms with Crippen LogP contribution in [0.1, 0.15) is 26.2 Å². The normalized spacial score (nSPS) is 19.2. The van der Waals surface area contributed by atoms with Gasteiger partial charge in [-0.3, -0.25) is 0 Å². The molecule has 12 heavy (non-hydrogen) atoms. The fourth-order valence-electron chi connectivity index (χ4n) is 1.94. The van der Waals surface area contributed by atoms with Gasteiger partial charge in [0.25, 0.3) is 0 Å². The smallest absolute Gasteiger partial charge is 0.222 e. The van der Waals surface area contributed by atoms with Crippen molar-refractivity contribution in [1.29, 1.82) is 0 Å². The molecule has 0 radical (unpaired) electrons. The first-order valence-electron chi connectivity index (χ1n) is 4.68. The monoisotopic (exact) mass is 166 g/mol. The van der Waals surface area contributed by atoms with Crippen LogP contribution < -0.4 is 0 Å². The summed E-state index contributed by atoms with van der Waals surface area (Å²) in [6.07, 6.45) is 5.79. The third-order valence-electron chi connectivity index (χ3n) is 2.85. The molecule has 0 aromatic heterocycles. The van der Waals surface area contributed by atoms with Crippen LogP contribution in [0.5, 0.6) is 0 Å². The highest BCUT2D eigenvalue weighted by molar-refractivity contribution is 6.89. The Morgan fingerprint density at radius 3 is 2.50 bits per heavy atom. The van der Waals surface area contributed by atoms with Gasteiger partial charge in [0.15, 0.2) is 0 Å². The van der Waals surface area contributed by atoms with Crippen LogP contribution in [0.4, 0.5) is 0 Å². The van der Waals surface area contributed by atoms with E-state index in [2.05, 4.69) is 0 Å². The van der Waals surface area contributed by atoms with Crippen LogP contribution in [0.25, 0.3) is 0 Å². The zero-order valence-electron chi connectivity index (χ0n) is 7.58. The van der Waals surface area contributed by atoms with Crippen molar-refractivity contribution in [3.63, 3.8) is 0 Å². The van der Waals surface area contributed by atoms with Crippen molar-refractivity contribution in [3.8, 4) is 0 Å². The third kappa shape index (κ3) is 2.47. The van der Waals surface area contributed by atoms with Crippen LogP contribution in [0.3, 0.4) is 0 Å². The maximum atomic E-state index is 11.0. The Labute approximate surface area is 73.8 Å². The summed E-state index contributed by atoms with van der Waals surface area (Å²) >= 11 is 0. The molecular formula is C9H15BO2. The first kappa shape index (κ1) is 9.49. The van der Waals surface area contributed by atoms with E-state index >= 15 is 0 Å². The number of aldehydes is 1. The Morgan fingerprint density at radius 1 is 1.50 bits per heavy atom. The van der Waals surface area contributed by atoms with Gasteiger partial charge in [-0.05, 0) is 12.8 Å². The number of hydrogen-bond acceptors (Lipinski definition) is 2. The zero-order valence-corrected chi connectivity index (χ0v) is 7.58. The zero-order chi connectivity index (χ0) is 8.97. The fraction of sp³-hybridized carbons (Fsp3) is 0.778. The van der Waals surface area contributed by atoms with E-state index < -0.39 is 0 Å². The molecule has 1 aliphatic rings. The summed E-state index contributed by atoms with van der Waals surface area (Å²) in [5.74, 6) is 0.554. The molecule has 0 aromatic rings. The van der Waals surface area contributed by atoms with Crippen LogP contribution in [0, 0.1) is 5.92 Å². The van der Waals surface area contributed by atoms with Gasteiger partial charge in [-0.15, -0.1) is 0 Å². The van der Waals surface area contributed by atoms with Gasteiger partial charge in [-0.1, -0.05) is 25.5 Å². The van der Waals surface area contributed by atoms with Gasteiger partial charge in [0.1, 0.15) is 6.29 Å². The van der Waals surface area contributed by atoms with E-state index in [-0.39, 0.29) is 6.71 Å². The molecule has 0 saturated carbocycles. The average molecular weight is 166 g/mol. The summed E-state index contributed by atoms with van der Waals surface area (Å²) in [4.78, 5) is 21.2. The maximum Gasteiger partial charge on any atom is 0.222 e. The molecule has 1 aliphatic heterocycles. The lowest BCUT2D eigenvalue weighted by molar-refractivity contribution is -0.110. The molecule has 0 unspecified atom stereocenters. The second-order valence-electron chi connectivity index (χ2n) is 3.73. The molecule has 1 rings (SSSR count). The molecule has 3 heteroatoms. The highest BCUT2D eigenvalue weighted by atomic mass is 16.1. The highest BCUT2D eigenvalue weighted by Crippen LogP contribution is 2.27. The molecule has 0 spiro atoms. The summed E-state index contributed by atoms with van der Waals surface area (Å²) in [6.45, 7) is 1.96. The van der Waals surface area contributed by atoms with E-state index in [0.29, 0.717) is 18.0 Å². The van der Waals surface area contributed by atoms with Crippen molar-refractivity contribution in [1.82, 2.24) is 0 Å². The lowest BCUT2D eigenvalue weighted by Crippen LogP contribution is -2.28. The average Bonchev–Trinajstić information content (AvgIpc) is 2.06. The van der Waals surface area contributed by atoms with Gasteiger partial charge in [0, 0.05) is 6.42 Å². The maximum absolute atomic E-state index is 11.0. The van der Waals surface area contributed by atoms with E-state index in [1.807, 2.05) is 0 Å². The predicted octanol–water partition coefficient (Wildman–Crippen LogP) is 1.61. The van der Waals surface area contributed by atoms with Crippen LogP contribution >= 0.6 is 0 Å². The van der Waals surface area contributed by atoms with Crippen molar-refractivity contribution < 1.29 is 9.59 Å². The van der Waals surface area contributed by atoms with Gasteiger partial charge in [-0.2, -0.15) is 0 Å². The van der Waals surface area contributed by atoms with Crippen molar-refractivity contribution in [2.75, 3.05) is 0 Å². The number of hydrogen-bond donors (Lipinski definition) is 0. The molecule has 2 nitrogen and oxygen atoms in total. The lowest BCUT2D eigenvalue weighted by atomic mass is 9.38. The van der Waals surface area contributed by atoms with E-state index in [0.717, 1.165) is 31.8 Å². The van der Waals surface area contributed by atoms with Gasteiger partial charge >= 0.3 is 0 Å². The summed E-state index contributed by atoms with van der Waals surface area (Å²) < 4.78 is 0. The largest absolute Gasteiger partial charge is 0.311 e. The Kier molecular flexibility index (Phi) is 3.51. The molecule has 0 bridgehead atoms. The standard InChI is InChI=1S/C9H15BO2/c1-8(12)10-5-2-9(3-6-10)4-7-11/h7,9H,2-6H2,1H3. The van der Waals surface area contributed by atoms with Gasteiger partial charge in [0.05, 0.1) is 5.68 Å².